The Balaban J connectivity index is 1.45. The van der Waals surface area contributed by atoms with Crippen molar-refractivity contribution in [2.24, 2.45) is 5.73 Å². The number of carbonyl (C=O) groups is 2. The number of carbonyl (C=O) groups excluding carboxylic acids is 2. The Kier molecular flexibility index (Phi) is 7.37. The van der Waals surface area contributed by atoms with Crippen molar-refractivity contribution >= 4 is 40.6 Å². The molecule has 39 heavy (non-hydrogen) atoms. The molecule has 0 saturated heterocycles. The minimum absolute atomic E-state index is 0.0813. The molecule has 0 fully saturated rings. The van der Waals surface area contributed by atoms with Gasteiger partial charge in [-0.1, -0.05) is 30.3 Å². The van der Waals surface area contributed by atoms with Crippen molar-refractivity contribution in [1.82, 2.24) is 14.9 Å². The minimum atomic E-state index is -0.704. The van der Waals surface area contributed by atoms with Gasteiger partial charge in [-0.15, -0.1) is 0 Å². The van der Waals surface area contributed by atoms with Crippen molar-refractivity contribution in [2.45, 2.75) is 13.0 Å². The number of nitrogens with one attached hydrogen (secondary N) is 3. The van der Waals surface area contributed by atoms with E-state index in [0.717, 1.165) is 19.5 Å². The van der Waals surface area contributed by atoms with Gasteiger partial charge in [-0.2, -0.15) is 4.98 Å². The van der Waals surface area contributed by atoms with Crippen LogP contribution in [-0.2, 0) is 13.0 Å². The summed E-state index contributed by atoms with van der Waals surface area (Å²) in [5.74, 6) is 0.0387. The summed E-state index contributed by atoms with van der Waals surface area (Å²) in [6, 6.07) is 20.2. The molecule has 0 radical (unpaired) electrons. The third-order valence-electron chi connectivity index (χ3n) is 6.48. The second-order valence-corrected chi connectivity index (χ2v) is 9.24. The lowest BCUT2D eigenvalue weighted by Gasteiger charge is -2.26. The van der Waals surface area contributed by atoms with E-state index in [1.165, 1.54) is 17.3 Å². The molecular weight excluding hydrogens is 494 g/mol. The third kappa shape index (κ3) is 5.81. The van der Waals surface area contributed by atoms with Gasteiger partial charge in [0.05, 0.1) is 24.0 Å². The molecule has 0 bridgehead atoms. The van der Waals surface area contributed by atoms with Crippen LogP contribution in [0.15, 0.2) is 72.9 Å². The number of benzene rings is 3. The highest BCUT2D eigenvalue weighted by Gasteiger charge is 2.20. The summed E-state index contributed by atoms with van der Waals surface area (Å²) in [5, 5.41) is 9.20. The molecule has 5 N–H and O–H groups in total. The van der Waals surface area contributed by atoms with Crippen molar-refractivity contribution in [3.8, 4) is 5.75 Å². The highest BCUT2D eigenvalue weighted by atomic mass is 16.5. The Morgan fingerprint density at radius 3 is 2.49 bits per heavy atom. The fourth-order valence-electron chi connectivity index (χ4n) is 4.47. The van der Waals surface area contributed by atoms with E-state index in [0.29, 0.717) is 28.4 Å². The summed E-state index contributed by atoms with van der Waals surface area (Å²) < 4.78 is 5.62. The smallest absolute Gasteiger partial charge is 0.257 e. The first-order valence-corrected chi connectivity index (χ1v) is 12.5. The number of methoxy groups -OCH3 is 1. The van der Waals surface area contributed by atoms with Crippen LogP contribution in [0, 0.1) is 0 Å². The number of anilines is 5. The van der Waals surface area contributed by atoms with Crippen LogP contribution in [0.4, 0.5) is 28.8 Å². The number of likely N-dealkylation sites (N-methyl/N-ethyl adjacent to an activating group) is 1. The largest absolute Gasteiger partial charge is 0.495 e. The second-order valence-electron chi connectivity index (χ2n) is 9.24. The summed E-state index contributed by atoms with van der Waals surface area (Å²) in [6.45, 7) is 1.81. The number of hydrogen-bond acceptors (Lipinski definition) is 8. The van der Waals surface area contributed by atoms with Crippen LogP contribution in [0.2, 0.25) is 0 Å². The first-order valence-electron chi connectivity index (χ1n) is 12.5. The van der Waals surface area contributed by atoms with Gasteiger partial charge in [0.2, 0.25) is 5.95 Å². The number of ether oxygens (including phenoxy) is 1. The summed E-state index contributed by atoms with van der Waals surface area (Å²) in [7, 11) is 3.70. The Bertz CT molecular complexity index is 1530. The average molecular weight is 524 g/mol. The van der Waals surface area contributed by atoms with Crippen LogP contribution in [0.3, 0.4) is 0 Å². The quantitative estimate of drug-likeness (QED) is 0.268. The Labute approximate surface area is 226 Å². The fraction of sp³-hybridized carbons (Fsp3) is 0.172. The van der Waals surface area contributed by atoms with Gasteiger partial charge in [0, 0.05) is 25.0 Å². The normalized spacial score (nSPS) is 12.8. The average Bonchev–Trinajstić information content (AvgIpc) is 2.93. The summed E-state index contributed by atoms with van der Waals surface area (Å²) in [5.41, 5.74) is 10.3. The monoisotopic (exact) mass is 523 g/mol. The highest BCUT2D eigenvalue weighted by Crippen LogP contribution is 2.33. The van der Waals surface area contributed by atoms with E-state index < -0.39 is 5.91 Å². The van der Waals surface area contributed by atoms with Gasteiger partial charge in [-0.3, -0.25) is 9.59 Å². The molecular formula is C29H29N7O3. The van der Waals surface area contributed by atoms with E-state index in [4.69, 9.17) is 10.5 Å². The van der Waals surface area contributed by atoms with Crippen molar-refractivity contribution in [3.63, 3.8) is 0 Å². The maximum Gasteiger partial charge on any atom is 0.257 e. The van der Waals surface area contributed by atoms with Gasteiger partial charge in [0.1, 0.15) is 17.1 Å². The molecule has 0 unspecified atom stereocenters. The molecule has 2 amide bonds. The maximum atomic E-state index is 13.1. The third-order valence-corrected chi connectivity index (χ3v) is 6.48. The number of fused-ring (bicyclic) bond motifs is 1. The number of aromatic nitrogens is 2. The van der Waals surface area contributed by atoms with Crippen molar-refractivity contribution in [1.29, 1.82) is 0 Å². The summed E-state index contributed by atoms with van der Waals surface area (Å²) in [6.07, 6.45) is 2.29. The van der Waals surface area contributed by atoms with E-state index in [1.54, 1.807) is 43.5 Å². The molecule has 0 spiro atoms. The van der Waals surface area contributed by atoms with E-state index in [-0.39, 0.29) is 23.2 Å². The van der Waals surface area contributed by atoms with Crippen LogP contribution in [0.5, 0.6) is 5.75 Å². The first kappa shape index (κ1) is 25.7. The van der Waals surface area contributed by atoms with E-state index in [1.807, 2.05) is 30.3 Å². The zero-order valence-electron chi connectivity index (χ0n) is 21.7. The molecule has 0 aliphatic carbocycles. The summed E-state index contributed by atoms with van der Waals surface area (Å²) >= 11 is 0. The van der Waals surface area contributed by atoms with Gasteiger partial charge in [0.15, 0.2) is 0 Å². The lowest BCUT2D eigenvalue weighted by molar-refractivity contribution is 0.0998. The Morgan fingerprint density at radius 2 is 1.72 bits per heavy atom. The Morgan fingerprint density at radius 1 is 0.949 bits per heavy atom. The lowest BCUT2D eigenvalue weighted by Crippen LogP contribution is -2.26. The van der Waals surface area contributed by atoms with Gasteiger partial charge in [0.25, 0.3) is 11.8 Å². The number of primary amides is 1. The molecule has 0 saturated carbocycles. The molecule has 3 aromatic carbocycles. The predicted octanol–water partition coefficient (Wildman–Crippen LogP) is 4.31. The molecule has 10 heteroatoms. The van der Waals surface area contributed by atoms with E-state index >= 15 is 0 Å². The van der Waals surface area contributed by atoms with Crippen LogP contribution in [0.1, 0.15) is 31.8 Å². The standard InChI is InChI=1S/C29H29N7O3/c1-36-13-12-18-15-25(39-2)24(14-19(18)17-36)34-29-31-16-22(26(30)37)27(35-29)33-23-11-7-6-10-21(23)28(38)32-20-8-4-3-5-9-20/h3-11,14-16H,12-13,17H2,1-2H3,(H2,30,37)(H,32,38)(H2,31,33,34,35). The number of rotatable bonds is 8. The minimum Gasteiger partial charge on any atom is -0.495 e. The zero-order chi connectivity index (χ0) is 27.4. The highest BCUT2D eigenvalue weighted by molar-refractivity contribution is 6.09. The van der Waals surface area contributed by atoms with E-state index in [2.05, 4.69) is 37.9 Å². The first-order chi connectivity index (χ1) is 18.9. The second kappa shape index (κ2) is 11.2. The number of para-hydroxylation sites is 2. The Hall–Kier alpha value is -4.96. The van der Waals surface area contributed by atoms with Gasteiger partial charge < -0.3 is 31.3 Å². The van der Waals surface area contributed by atoms with Gasteiger partial charge in [-0.05, 0) is 61.0 Å². The van der Waals surface area contributed by atoms with Gasteiger partial charge >= 0.3 is 0 Å². The van der Waals surface area contributed by atoms with Crippen molar-refractivity contribution in [2.75, 3.05) is 36.7 Å². The molecule has 2 heterocycles. The predicted molar refractivity (Wildman–Crippen MR) is 151 cm³/mol. The molecule has 1 aliphatic rings. The van der Waals surface area contributed by atoms with Crippen LogP contribution < -0.4 is 26.4 Å². The number of nitrogens with two attached hydrogens (primary N) is 1. The van der Waals surface area contributed by atoms with Crippen molar-refractivity contribution in [3.05, 3.63) is 95.2 Å². The van der Waals surface area contributed by atoms with Gasteiger partial charge in [-0.25, -0.2) is 4.98 Å². The number of hydrogen-bond donors (Lipinski definition) is 4. The molecule has 4 aromatic rings. The lowest BCUT2D eigenvalue weighted by atomic mass is 9.99. The molecule has 1 aromatic heterocycles. The fourth-order valence-corrected chi connectivity index (χ4v) is 4.47. The number of amides is 2. The molecule has 1 aliphatic heterocycles. The zero-order valence-corrected chi connectivity index (χ0v) is 21.7. The topological polar surface area (TPSA) is 134 Å². The van der Waals surface area contributed by atoms with Crippen molar-refractivity contribution < 1.29 is 14.3 Å². The van der Waals surface area contributed by atoms with E-state index in [9.17, 15) is 9.59 Å². The van der Waals surface area contributed by atoms with Crippen LogP contribution in [-0.4, -0.2) is 47.4 Å². The maximum absolute atomic E-state index is 13.1. The molecule has 10 nitrogen and oxygen atoms in total. The summed E-state index contributed by atoms with van der Waals surface area (Å²) in [4.78, 5) is 36.4. The molecule has 0 atom stereocenters. The SMILES string of the molecule is COc1cc2c(cc1Nc1ncc(C(N)=O)c(Nc3ccccc3C(=O)Nc3ccccc3)n1)CN(C)CC2. The number of nitrogens with zero attached hydrogens (tertiary/aromatic N) is 3. The molecule has 5 rings (SSSR count). The molecule has 198 valence electrons. The van der Waals surface area contributed by atoms with Crippen LogP contribution >= 0.6 is 0 Å². The van der Waals surface area contributed by atoms with Crippen LogP contribution in [0.25, 0.3) is 0 Å².